The van der Waals surface area contributed by atoms with Crippen molar-refractivity contribution in [3.8, 4) is 0 Å². The van der Waals surface area contributed by atoms with Gasteiger partial charge in [0, 0.05) is 41.4 Å². The number of hydrogen-bond donors (Lipinski definition) is 0. The third kappa shape index (κ3) is 7.45. The van der Waals surface area contributed by atoms with Gasteiger partial charge in [0.1, 0.15) is 0 Å². The number of amides is 2. The van der Waals surface area contributed by atoms with Gasteiger partial charge in [-0.3, -0.25) is 9.59 Å². The van der Waals surface area contributed by atoms with E-state index in [2.05, 4.69) is 81.8 Å². The summed E-state index contributed by atoms with van der Waals surface area (Å²) in [7, 11) is 0. The van der Waals surface area contributed by atoms with E-state index in [4.69, 9.17) is 0 Å². The first-order valence-corrected chi connectivity index (χ1v) is 14.2. The number of halogens is 1. The lowest BCUT2D eigenvalue weighted by Gasteiger charge is -2.36. The Bertz CT molecular complexity index is 974. The zero-order valence-electron chi connectivity index (χ0n) is 21.3. The summed E-state index contributed by atoms with van der Waals surface area (Å²) in [6.07, 6.45) is 10.7. The number of hydrogen-bond acceptors (Lipinski definition) is 2. The van der Waals surface area contributed by atoms with Crippen LogP contribution in [-0.2, 0) is 22.7 Å². The lowest BCUT2D eigenvalue weighted by atomic mass is 9.94. The molecule has 4 rings (SSSR count). The summed E-state index contributed by atoms with van der Waals surface area (Å²) in [5, 5.41) is 0. The highest BCUT2D eigenvalue weighted by molar-refractivity contribution is 9.10. The van der Waals surface area contributed by atoms with Gasteiger partial charge in [-0.15, -0.1) is 0 Å². The molecule has 2 amide bonds. The van der Waals surface area contributed by atoms with Gasteiger partial charge >= 0.3 is 0 Å². The van der Waals surface area contributed by atoms with E-state index < -0.39 is 0 Å². The van der Waals surface area contributed by atoms with Crippen molar-refractivity contribution in [2.45, 2.75) is 84.3 Å². The Morgan fingerprint density at radius 3 is 2.40 bits per heavy atom. The van der Waals surface area contributed by atoms with Crippen molar-refractivity contribution < 1.29 is 9.59 Å². The van der Waals surface area contributed by atoms with Crippen LogP contribution in [0.3, 0.4) is 0 Å². The van der Waals surface area contributed by atoms with Gasteiger partial charge < -0.3 is 14.4 Å². The van der Waals surface area contributed by atoms with Crippen LogP contribution in [0.15, 0.2) is 47.1 Å². The zero-order valence-corrected chi connectivity index (χ0v) is 22.9. The molecular weight excluding hydrogens is 502 g/mol. The molecule has 1 aromatic heterocycles. The molecule has 0 aliphatic heterocycles. The highest BCUT2D eigenvalue weighted by Crippen LogP contribution is 2.31. The first kappa shape index (κ1) is 26.0. The normalized spacial score (nSPS) is 16.5. The highest BCUT2D eigenvalue weighted by Gasteiger charge is 2.35. The molecule has 0 spiro atoms. The van der Waals surface area contributed by atoms with E-state index in [0.717, 1.165) is 48.8 Å². The van der Waals surface area contributed by atoms with E-state index in [-0.39, 0.29) is 30.3 Å². The summed E-state index contributed by atoms with van der Waals surface area (Å²) < 4.78 is 3.32. The van der Waals surface area contributed by atoms with Crippen LogP contribution in [0.25, 0.3) is 0 Å². The number of nitrogens with zero attached hydrogens (tertiary/aromatic N) is 3. The van der Waals surface area contributed by atoms with Crippen molar-refractivity contribution in [1.29, 1.82) is 0 Å². The lowest BCUT2D eigenvalue weighted by Crippen LogP contribution is -2.48. The van der Waals surface area contributed by atoms with Crippen LogP contribution < -0.4 is 0 Å². The molecule has 2 aromatic rings. The van der Waals surface area contributed by atoms with E-state index in [9.17, 15) is 9.59 Å². The first-order chi connectivity index (χ1) is 16.9. The van der Waals surface area contributed by atoms with Crippen molar-refractivity contribution >= 4 is 27.7 Å². The Morgan fingerprint density at radius 2 is 1.74 bits per heavy atom. The van der Waals surface area contributed by atoms with Crippen LogP contribution in [0.1, 0.15) is 76.5 Å². The fourth-order valence-electron chi connectivity index (χ4n) is 5.05. The molecule has 35 heavy (non-hydrogen) atoms. The third-order valence-corrected chi connectivity index (χ3v) is 7.93. The zero-order chi connectivity index (χ0) is 24.8. The van der Waals surface area contributed by atoms with Crippen LogP contribution in [0.2, 0.25) is 0 Å². The van der Waals surface area contributed by atoms with Gasteiger partial charge in [-0.05, 0) is 67.9 Å². The molecule has 2 saturated carbocycles. The summed E-state index contributed by atoms with van der Waals surface area (Å²) in [5.74, 6) is 0.935. The lowest BCUT2D eigenvalue weighted by molar-refractivity contribution is -0.143. The van der Waals surface area contributed by atoms with Crippen molar-refractivity contribution in [3.63, 3.8) is 0 Å². The number of benzene rings is 1. The molecule has 1 heterocycles. The highest BCUT2D eigenvalue weighted by atomic mass is 79.9. The quantitative estimate of drug-likeness (QED) is 0.337. The van der Waals surface area contributed by atoms with Gasteiger partial charge in [0.25, 0.3) is 0 Å². The number of carbonyl (C=O) groups is 2. The second-order valence-corrected chi connectivity index (χ2v) is 11.7. The topological polar surface area (TPSA) is 45.6 Å². The Kier molecular flexibility index (Phi) is 9.10. The van der Waals surface area contributed by atoms with E-state index in [0.29, 0.717) is 19.0 Å². The van der Waals surface area contributed by atoms with Crippen molar-refractivity contribution in [3.05, 3.63) is 58.3 Å². The minimum absolute atomic E-state index is 0.103. The van der Waals surface area contributed by atoms with Gasteiger partial charge in [0.2, 0.25) is 11.8 Å². The number of rotatable bonds is 11. The van der Waals surface area contributed by atoms with Gasteiger partial charge in [0.05, 0.1) is 13.1 Å². The fraction of sp³-hybridized carbons (Fsp3) is 0.586. The maximum atomic E-state index is 13.8. The maximum Gasteiger partial charge on any atom is 0.242 e. The molecule has 0 N–H and O–H groups in total. The van der Waals surface area contributed by atoms with Crippen LogP contribution in [-0.4, -0.2) is 45.3 Å². The summed E-state index contributed by atoms with van der Waals surface area (Å²) in [6.45, 7) is 6.62. The molecule has 6 heteroatoms. The minimum Gasteiger partial charge on any atom is -0.345 e. The number of aromatic nitrogens is 1. The molecule has 0 unspecified atom stereocenters. The average Bonchev–Trinajstić information content (AvgIpc) is 3.62. The molecular formula is C29H40BrN3O2. The van der Waals surface area contributed by atoms with E-state index >= 15 is 0 Å². The molecule has 0 atom stereocenters. The maximum absolute atomic E-state index is 13.8. The molecule has 2 aliphatic carbocycles. The summed E-state index contributed by atoms with van der Waals surface area (Å²) in [5.41, 5.74) is 2.38. The van der Waals surface area contributed by atoms with Crippen LogP contribution in [0, 0.1) is 11.8 Å². The Hall–Kier alpha value is -2.08. The monoisotopic (exact) mass is 541 g/mol. The van der Waals surface area contributed by atoms with Crippen molar-refractivity contribution in [2.24, 2.45) is 11.8 Å². The summed E-state index contributed by atoms with van der Waals surface area (Å²) >= 11 is 3.51. The molecule has 0 radical (unpaired) electrons. The van der Waals surface area contributed by atoms with Crippen molar-refractivity contribution in [2.75, 3.05) is 13.1 Å². The molecule has 2 aliphatic rings. The number of carbonyl (C=O) groups excluding carboxylic acids is 2. The predicted octanol–water partition coefficient (Wildman–Crippen LogP) is 6.24. The Morgan fingerprint density at radius 1 is 1.03 bits per heavy atom. The minimum atomic E-state index is 0.103. The average molecular weight is 543 g/mol. The van der Waals surface area contributed by atoms with Gasteiger partial charge in [-0.2, -0.15) is 0 Å². The largest absolute Gasteiger partial charge is 0.345 e. The van der Waals surface area contributed by atoms with Crippen molar-refractivity contribution in [1.82, 2.24) is 14.4 Å². The molecule has 0 saturated heterocycles. The van der Waals surface area contributed by atoms with Gasteiger partial charge in [0.15, 0.2) is 0 Å². The summed E-state index contributed by atoms with van der Waals surface area (Å²) in [6, 6.07) is 12.9. The van der Waals surface area contributed by atoms with Crippen LogP contribution in [0.5, 0.6) is 0 Å². The summed E-state index contributed by atoms with van der Waals surface area (Å²) in [4.78, 5) is 30.7. The molecule has 0 bridgehead atoms. The smallest absolute Gasteiger partial charge is 0.242 e. The Labute approximate surface area is 219 Å². The molecule has 190 valence electrons. The van der Waals surface area contributed by atoms with E-state index in [1.807, 2.05) is 4.90 Å². The van der Waals surface area contributed by atoms with Crippen LogP contribution in [0.4, 0.5) is 0 Å². The van der Waals surface area contributed by atoms with Gasteiger partial charge in [-0.1, -0.05) is 61.2 Å². The third-order valence-electron chi connectivity index (χ3n) is 7.40. The predicted molar refractivity (Wildman–Crippen MR) is 144 cm³/mol. The molecule has 5 nitrogen and oxygen atoms in total. The standard InChI is InChI=1S/C29H40BrN3O2/c1-22(2)16-18-32(29(35)24-12-13-24)21-28(34)33(26-7-4-3-5-8-26)20-27-9-6-17-31(27)19-23-10-14-25(30)15-11-23/h6,9-11,14-15,17,22,24,26H,3-5,7-8,12-13,16,18-21H2,1-2H3. The van der Waals surface area contributed by atoms with E-state index in [1.165, 1.54) is 24.8 Å². The Balaban J connectivity index is 1.50. The second-order valence-electron chi connectivity index (χ2n) is 10.8. The molecule has 1 aromatic carbocycles. The SMILES string of the molecule is CC(C)CCN(CC(=O)N(Cc1cccn1Cc1ccc(Br)cc1)C1CCCCC1)C(=O)C1CC1. The first-order valence-electron chi connectivity index (χ1n) is 13.4. The second kappa shape index (κ2) is 12.2. The van der Waals surface area contributed by atoms with Crippen LogP contribution >= 0.6 is 15.9 Å². The van der Waals surface area contributed by atoms with E-state index in [1.54, 1.807) is 0 Å². The fourth-order valence-corrected chi connectivity index (χ4v) is 5.31. The van der Waals surface area contributed by atoms with Gasteiger partial charge in [-0.25, -0.2) is 0 Å². The molecule has 2 fully saturated rings.